The zero-order valence-corrected chi connectivity index (χ0v) is 23.0. The highest BCUT2D eigenvalue weighted by molar-refractivity contribution is 7.99. The Balaban J connectivity index is 1.27. The molecule has 1 aliphatic heterocycles. The van der Waals surface area contributed by atoms with E-state index in [-0.39, 0.29) is 24.6 Å². The number of hydrogen-bond acceptors (Lipinski definition) is 6. The summed E-state index contributed by atoms with van der Waals surface area (Å²) >= 11 is 7.94. The van der Waals surface area contributed by atoms with Crippen molar-refractivity contribution < 1.29 is 28.6 Å². The lowest BCUT2D eigenvalue weighted by Gasteiger charge is -2.29. The molecule has 1 N–H and O–H groups in total. The zero-order valence-electron chi connectivity index (χ0n) is 21.5. The van der Waals surface area contributed by atoms with E-state index in [9.17, 15) is 19.1 Å². The molecular formula is C29H25ClFN3O5S. The molecule has 0 saturated carbocycles. The molecule has 1 amide bonds. The van der Waals surface area contributed by atoms with Gasteiger partial charge in [0.05, 0.1) is 24.0 Å². The number of fused-ring (bicyclic) bond motifs is 1. The smallest absolute Gasteiger partial charge is 0.414 e. The number of ether oxygens (including phenoxy) is 2. The van der Waals surface area contributed by atoms with Gasteiger partial charge in [-0.15, -0.1) is 11.8 Å². The molecule has 0 saturated heterocycles. The molecule has 40 heavy (non-hydrogen) atoms. The topological polar surface area (TPSA) is 93.9 Å². The molecule has 0 fully saturated rings. The van der Waals surface area contributed by atoms with Crippen LogP contribution in [-0.4, -0.2) is 52.5 Å². The van der Waals surface area contributed by atoms with Gasteiger partial charge < -0.3 is 14.6 Å². The monoisotopic (exact) mass is 581 g/mol. The number of halogens is 2. The molecule has 5 rings (SSSR count). The van der Waals surface area contributed by atoms with Crippen LogP contribution in [-0.2, 0) is 11.3 Å². The highest BCUT2D eigenvalue weighted by Crippen LogP contribution is 2.42. The van der Waals surface area contributed by atoms with Crippen molar-refractivity contribution in [2.45, 2.75) is 18.4 Å². The molecule has 2 heterocycles. The molecule has 1 aromatic heterocycles. The molecule has 3 aromatic carbocycles. The van der Waals surface area contributed by atoms with Crippen LogP contribution in [0.15, 0.2) is 71.9 Å². The van der Waals surface area contributed by atoms with Crippen LogP contribution in [0.5, 0.6) is 5.75 Å². The SMILES string of the molecule is Cc1c(F)cccc1OCCOC(=O)N1CCSc2c(-c3cnn(Cc4cc(C(=O)O)ccc4Cl)c3)cccc21. The Morgan fingerprint density at radius 1 is 1.15 bits per heavy atom. The molecule has 0 atom stereocenters. The maximum Gasteiger partial charge on any atom is 0.414 e. The third-order valence-electron chi connectivity index (χ3n) is 6.42. The van der Waals surface area contributed by atoms with Crippen LogP contribution in [0.3, 0.4) is 0 Å². The fourth-order valence-electron chi connectivity index (χ4n) is 4.36. The van der Waals surface area contributed by atoms with Crippen LogP contribution in [0.25, 0.3) is 11.1 Å². The number of rotatable bonds is 8. The summed E-state index contributed by atoms with van der Waals surface area (Å²) in [6, 6.07) is 14.9. The predicted molar refractivity (Wildman–Crippen MR) is 151 cm³/mol. The molecule has 11 heteroatoms. The first-order valence-electron chi connectivity index (χ1n) is 12.4. The van der Waals surface area contributed by atoms with Gasteiger partial charge in [0.25, 0.3) is 0 Å². The molecule has 4 aromatic rings. The minimum absolute atomic E-state index is 0.0197. The van der Waals surface area contributed by atoms with Gasteiger partial charge in [-0.25, -0.2) is 14.0 Å². The summed E-state index contributed by atoms with van der Waals surface area (Å²) < 4.78 is 26.5. The lowest BCUT2D eigenvalue weighted by Crippen LogP contribution is -2.36. The van der Waals surface area contributed by atoms with E-state index in [1.807, 2.05) is 24.4 Å². The number of amides is 1. The third-order valence-corrected chi connectivity index (χ3v) is 7.89. The number of hydrogen-bond donors (Lipinski definition) is 1. The maximum atomic E-state index is 13.7. The van der Waals surface area contributed by atoms with Crippen LogP contribution in [0.4, 0.5) is 14.9 Å². The average Bonchev–Trinajstić information content (AvgIpc) is 3.41. The number of aromatic carboxylic acids is 1. The van der Waals surface area contributed by atoms with Crippen LogP contribution in [0.2, 0.25) is 5.02 Å². The molecule has 206 valence electrons. The normalized spacial score (nSPS) is 12.6. The number of carbonyl (C=O) groups excluding carboxylic acids is 1. The summed E-state index contributed by atoms with van der Waals surface area (Å²) in [5, 5.41) is 14.2. The van der Waals surface area contributed by atoms with Crippen molar-refractivity contribution in [1.29, 1.82) is 0 Å². The fourth-order valence-corrected chi connectivity index (χ4v) is 5.68. The van der Waals surface area contributed by atoms with E-state index >= 15 is 0 Å². The van der Waals surface area contributed by atoms with Crippen molar-refractivity contribution in [1.82, 2.24) is 9.78 Å². The first kappa shape index (κ1) is 27.5. The molecule has 0 radical (unpaired) electrons. The van der Waals surface area contributed by atoms with Crippen LogP contribution in [0.1, 0.15) is 21.5 Å². The Morgan fingerprint density at radius 2 is 1.98 bits per heavy atom. The maximum absolute atomic E-state index is 13.7. The number of anilines is 1. The summed E-state index contributed by atoms with van der Waals surface area (Å²) in [4.78, 5) is 26.8. The van der Waals surface area contributed by atoms with E-state index in [1.165, 1.54) is 12.1 Å². The summed E-state index contributed by atoms with van der Waals surface area (Å²) in [7, 11) is 0. The quantitative estimate of drug-likeness (QED) is 0.237. The number of carbonyl (C=O) groups is 2. The molecular weight excluding hydrogens is 557 g/mol. The van der Waals surface area contributed by atoms with E-state index in [4.69, 9.17) is 21.1 Å². The Morgan fingerprint density at radius 3 is 2.80 bits per heavy atom. The second-order valence-electron chi connectivity index (χ2n) is 9.02. The van der Waals surface area contributed by atoms with Crippen molar-refractivity contribution in [2.24, 2.45) is 0 Å². The predicted octanol–water partition coefficient (Wildman–Crippen LogP) is 6.53. The summed E-state index contributed by atoms with van der Waals surface area (Å²) in [5.74, 6) is -0.277. The third kappa shape index (κ3) is 5.93. The van der Waals surface area contributed by atoms with Gasteiger partial charge in [0.15, 0.2) is 0 Å². The van der Waals surface area contributed by atoms with Gasteiger partial charge in [0, 0.05) is 45.1 Å². The summed E-state index contributed by atoms with van der Waals surface area (Å²) in [6.07, 6.45) is 3.11. The minimum atomic E-state index is -1.02. The highest BCUT2D eigenvalue weighted by atomic mass is 35.5. The Hall–Kier alpha value is -4.02. The van der Waals surface area contributed by atoms with E-state index in [0.29, 0.717) is 40.7 Å². The van der Waals surface area contributed by atoms with Gasteiger partial charge in [-0.1, -0.05) is 29.8 Å². The van der Waals surface area contributed by atoms with Gasteiger partial charge in [-0.05, 0) is 48.9 Å². The number of carboxylic acids is 1. The van der Waals surface area contributed by atoms with E-state index in [1.54, 1.807) is 58.7 Å². The average molecular weight is 582 g/mol. The van der Waals surface area contributed by atoms with Gasteiger partial charge in [-0.2, -0.15) is 5.10 Å². The standard InChI is InChI=1S/C29H25ClFN3O5S/c1-18-24(31)5-3-7-26(18)38-11-12-39-29(37)34-10-13-40-27-22(4-2-6-25(27)34)21-15-32-33(17-21)16-20-14-19(28(35)36)8-9-23(20)30/h2-9,14-15,17H,10-13,16H2,1H3,(H,35,36). The Kier molecular flexibility index (Phi) is 8.27. The molecule has 0 bridgehead atoms. The number of carboxylic acid groups (broad SMARTS) is 1. The molecule has 8 nitrogen and oxygen atoms in total. The van der Waals surface area contributed by atoms with Crippen molar-refractivity contribution in [3.63, 3.8) is 0 Å². The van der Waals surface area contributed by atoms with E-state index in [0.717, 1.165) is 21.7 Å². The Labute approximate surface area is 239 Å². The lowest BCUT2D eigenvalue weighted by atomic mass is 10.1. The van der Waals surface area contributed by atoms with Crippen molar-refractivity contribution >= 4 is 41.1 Å². The fraction of sp³-hybridized carbons (Fsp3) is 0.207. The van der Waals surface area contributed by atoms with Gasteiger partial charge >= 0.3 is 12.1 Å². The minimum Gasteiger partial charge on any atom is -0.490 e. The number of benzene rings is 3. The molecule has 1 aliphatic rings. The van der Waals surface area contributed by atoms with Crippen molar-refractivity contribution in [3.05, 3.63) is 94.5 Å². The van der Waals surface area contributed by atoms with Gasteiger partial charge in [0.1, 0.15) is 24.8 Å². The number of thioether (sulfide) groups is 1. The van der Waals surface area contributed by atoms with Crippen molar-refractivity contribution in [3.8, 4) is 16.9 Å². The van der Waals surface area contributed by atoms with Gasteiger partial charge in [0.2, 0.25) is 0 Å². The lowest BCUT2D eigenvalue weighted by molar-refractivity contribution is 0.0696. The largest absolute Gasteiger partial charge is 0.490 e. The van der Waals surface area contributed by atoms with E-state index in [2.05, 4.69) is 5.10 Å². The van der Waals surface area contributed by atoms with Crippen LogP contribution in [0, 0.1) is 12.7 Å². The van der Waals surface area contributed by atoms with Crippen LogP contribution < -0.4 is 9.64 Å². The second kappa shape index (κ2) is 12.0. The summed E-state index contributed by atoms with van der Waals surface area (Å²) in [5.41, 5.74) is 3.72. The van der Waals surface area contributed by atoms with E-state index < -0.39 is 12.1 Å². The first-order valence-corrected chi connectivity index (χ1v) is 13.8. The Bertz CT molecular complexity index is 1580. The summed E-state index contributed by atoms with van der Waals surface area (Å²) in [6.45, 7) is 2.54. The van der Waals surface area contributed by atoms with Crippen molar-refractivity contribution in [2.75, 3.05) is 30.4 Å². The molecule has 0 aliphatic carbocycles. The number of nitrogens with zero attached hydrogens (tertiary/aromatic N) is 3. The second-order valence-corrected chi connectivity index (χ2v) is 10.5. The first-order chi connectivity index (χ1) is 19.3. The zero-order chi connectivity index (χ0) is 28.2. The number of aromatic nitrogens is 2. The van der Waals surface area contributed by atoms with Gasteiger partial charge in [-0.3, -0.25) is 9.58 Å². The molecule has 0 unspecified atom stereocenters. The van der Waals surface area contributed by atoms with Crippen LogP contribution >= 0.6 is 23.4 Å². The highest BCUT2D eigenvalue weighted by Gasteiger charge is 2.26. The molecule has 0 spiro atoms.